The number of hydrogen-bond donors (Lipinski definition) is 2. The van der Waals surface area contributed by atoms with Gasteiger partial charge in [-0.2, -0.15) is 23.5 Å². The van der Waals surface area contributed by atoms with E-state index in [0.717, 1.165) is 51.1 Å². The minimum Gasteiger partial charge on any atom is -0.454 e. The second-order valence-electron chi connectivity index (χ2n) is 6.84. The monoisotopic (exact) mass is 786 g/mol. The van der Waals surface area contributed by atoms with Crippen LogP contribution in [0, 0.1) is 0 Å². The minimum absolute atomic E-state index is 0.0800. The van der Waals surface area contributed by atoms with Crippen LogP contribution in [0.2, 0.25) is 0 Å². The highest BCUT2D eigenvalue weighted by Crippen LogP contribution is 2.14. The molecule has 0 rings (SSSR count). The van der Waals surface area contributed by atoms with Gasteiger partial charge in [-0.15, -0.1) is 94.1 Å². The van der Waals surface area contributed by atoms with Crippen LogP contribution in [-0.2, 0) is 38.6 Å². The molecule has 0 unspecified atom stereocenters. The van der Waals surface area contributed by atoms with E-state index in [4.69, 9.17) is 39.2 Å². The first-order valence-corrected chi connectivity index (χ1v) is 24.0. The third-order valence-corrected chi connectivity index (χ3v) is 13.4. The molecule has 10 nitrogen and oxygen atoms in total. The zero-order valence-corrected chi connectivity index (χ0v) is 31.5. The van der Waals surface area contributed by atoms with Crippen molar-refractivity contribution in [2.24, 2.45) is 0 Å². The number of aliphatic hydroxyl groups excluding tert-OH is 2. The summed E-state index contributed by atoms with van der Waals surface area (Å²) >= 11 is 15.7. The van der Waals surface area contributed by atoms with Gasteiger partial charge in [0.1, 0.15) is 23.8 Å². The number of hydrogen-bond acceptors (Lipinski definition) is 20. The zero-order valence-electron chi connectivity index (χ0n) is 23.4. The van der Waals surface area contributed by atoms with Gasteiger partial charge < -0.3 is 19.7 Å². The molecule has 0 aromatic heterocycles. The van der Waals surface area contributed by atoms with E-state index in [1.165, 1.54) is 35.3 Å². The van der Waals surface area contributed by atoms with E-state index in [-0.39, 0.29) is 23.8 Å². The summed E-state index contributed by atoms with van der Waals surface area (Å²) in [5.74, 6) is 9.13. The summed E-state index contributed by atoms with van der Waals surface area (Å²) in [6.45, 7) is 1.04. The molecule has 2 N–H and O–H groups in total. The second kappa shape index (κ2) is 39.4. The maximum absolute atomic E-state index is 11.8. The van der Waals surface area contributed by atoms with Crippen LogP contribution in [0.3, 0.4) is 0 Å². The molecular formula is C22H42O10S10. The quantitative estimate of drug-likeness (QED) is 0.0295. The maximum atomic E-state index is 11.8. The van der Waals surface area contributed by atoms with Gasteiger partial charge in [-0.3, -0.25) is 9.59 Å². The summed E-state index contributed by atoms with van der Waals surface area (Å²) in [6, 6.07) is 0. The lowest BCUT2D eigenvalue weighted by atomic mass is 10.8. The number of thioether (sulfide) groups is 10. The highest BCUT2D eigenvalue weighted by Gasteiger charge is 2.04. The average Bonchev–Trinajstić information content (AvgIpc) is 2.99. The smallest absolute Gasteiger partial charge is 0.316 e. The number of carbonyl (C=O) groups excluding carboxylic acids is 2. The third-order valence-electron chi connectivity index (χ3n) is 3.73. The van der Waals surface area contributed by atoms with Crippen LogP contribution < -0.4 is 0 Å². The van der Waals surface area contributed by atoms with Gasteiger partial charge in [0, 0.05) is 56.2 Å². The number of carbonyl (C=O) groups is 2. The van der Waals surface area contributed by atoms with E-state index in [0.29, 0.717) is 53.6 Å². The SMILES string of the molecule is O=C(CSCCSCCOOCSCSCO)OCSCCSCOOCCSCCSCC(=O)OCSCSCO. The Hall–Kier alpha value is 2.20. The molecule has 0 aromatic rings. The fraction of sp³-hybridized carbons (Fsp3) is 0.909. The van der Waals surface area contributed by atoms with Crippen molar-refractivity contribution in [3.63, 3.8) is 0 Å². The van der Waals surface area contributed by atoms with Crippen molar-refractivity contribution in [3.05, 3.63) is 0 Å². The highest BCUT2D eigenvalue weighted by atomic mass is 32.2. The molecule has 0 bridgehead atoms. The molecular weight excluding hydrogens is 745 g/mol. The first-order chi connectivity index (χ1) is 20.7. The maximum Gasteiger partial charge on any atom is 0.316 e. The molecule has 42 heavy (non-hydrogen) atoms. The van der Waals surface area contributed by atoms with E-state index in [1.807, 2.05) is 0 Å². The average molecular weight is 787 g/mol. The van der Waals surface area contributed by atoms with Crippen molar-refractivity contribution < 1.29 is 48.8 Å². The lowest BCUT2D eigenvalue weighted by Crippen LogP contribution is -2.08. The van der Waals surface area contributed by atoms with Crippen molar-refractivity contribution in [1.82, 2.24) is 0 Å². The summed E-state index contributed by atoms with van der Waals surface area (Å²) < 4.78 is 10.3. The van der Waals surface area contributed by atoms with Crippen LogP contribution in [0.25, 0.3) is 0 Å². The Kier molecular flexibility index (Phi) is 41.4. The molecule has 0 spiro atoms. The Morgan fingerprint density at radius 1 is 0.429 bits per heavy atom. The molecule has 0 amide bonds. The van der Waals surface area contributed by atoms with Crippen molar-refractivity contribution in [1.29, 1.82) is 0 Å². The summed E-state index contributed by atoms with van der Waals surface area (Å²) in [6.07, 6.45) is 0. The fourth-order valence-corrected chi connectivity index (χ4v) is 9.40. The van der Waals surface area contributed by atoms with E-state index in [2.05, 4.69) is 0 Å². The Labute approximate surface area is 292 Å². The third kappa shape index (κ3) is 38.4. The molecule has 0 radical (unpaired) electrons. The van der Waals surface area contributed by atoms with Crippen molar-refractivity contribution in [2.75, 3.05) is 117 Å². The van der Waals surface area contributed by atoms with Crippen LogP contribution in [0.4, 0.5) is 0 Å². The molecule has 0 aliphatic heterocycles. The fourth-order valence-electron chi connectivity index (χ4n) is 1.98. The number of rotatable bonds is 35. The summed E-state index contributed by atoms with van der Waals surface area (Å²) in [5, 5.41) is 18.8. The molecule has 20 heteroatoms. The first kappa shape index (κ1) is 44.2. The lowest BCUT2D eigenvalue weighted by molar-refractivity contribution is -0.274. The van der Waals surface area contributed by atoms with Gasteiger partial charge in [-0.25, -0.2) is 19.6 Å². The molecule has 0 saturated carbocycles. The van der Waals surface area contributed by atoms with Gasteiger partial charge in [-0.05, 0) is 0 Å². The molecule has 0 atom stereocenters. The van der Waals surface area contributed by atoms with E-state index in [1.54, 1.807) is 82.3 Å². The molecule has 0 aromatic carbocycles. The van der Waals surface area contributed by atoms with Crippen LogP contribution in [0.5, 0.6) is 0 Å². The van der Waals surface area contributed by atoms with Gasteiger partial charge in [0.2, 0.25) is 0 Å². The second-order valence-corrected chi connectivity index (χ2v) is 18.1. The van der Waals surface area contributed by atoms with Crippen LogP contribution >= 0.6 is 118 Å². The highest BCUT2D eigenvalue weighted by molar-refractivity contribution is 8.16. The molecule has 0 saturated heterocycles. The summed E-state index contributed by atoms with van der Waals surface area (Å²) in [4.78, 5) is 43.7. The van der Waals surface area contributed by atoms with E-state index < -0.39 is 0 Å². The number of esters is 2. The van der Waals surface area contributed by atoms with Gasteiger partial charge in [0.05, 0.1) is 36.6 Å². The normalized spacial score (nSPS) is 11.2. The number of ether oxygens (including phenoxy) is 2. The van der Waals surface area contributed by atoms with Gasteiger partial charge >= 0.3 is 11.9 Å². The minimum atomic E-state index is -0.206. The van der Waals surface area contributed by atoms with Crippen molar-refractivity contribution in [3.8, 4) is 0 Å². The summed E-state index contributed by atoms with van der Waals surface area (Å²) in [5.41, 5.74) is 0. The molecule has 0 heterocycles. The molecule has 0 aliphatic rings. The first-order valence-electron chi connectivity index (χ1n) is 12.5. The molecule has 0 aliphatic carbocycles. The van der Waals surface area contributed by atoms with Crippen LogP contribution in [-0.4, -0.2) is 139 Å². The van der Waals surface area contributed by atoms with Gasteiger partial charge in [-0.1, -0.05) is 0 Å². The predicted octanol–water partition coefficient (Wildman–Crippen LogP) is 4.95. The van der Waals surface area contributed by atoms with Crippen LogP contribution in [0.1, 0.15) is 0 Å². The molecule has 250 valence electrons. The number of aliphatic hydroxyl groups is 2. The molecule has 0 fully saturated rings. The largest absolute Gasteiger partial charge is 0.454 e. The van der Waals surface area contributed by atoms with Crippen molar-refractivity contribution >= 4 is 130 Å². The van der Waals surface area contributed by atoms with E-state index >= 15 is 0 Å². The van der Waals surface area contributed by atoms with Gasteiger partial charge in [0.25, 0.3) is 0 Å². The lowest BCUT2D eigenvalue weighted by Gasteiger charge is -2.06. The topological polar surface area (TPSA) is 130 Å². The summed E-state index contributed by atoms with van der Waals surface area (Å²) in [7, 11) is 0. The zero-order chi connectivity index (χ0) is 30.6. The Morgan fingerprint density at radius 3 is 1.36 bits per heavy atom. The van der Waals surface area contributed by atoms with E-state index in [9.17, 15) is 9.59 Å². The van der Waals surface area contributed by atoms with Gasteiger partial charge in [0.15, 0.2) is 0 Å². The predicted molar refractivity (Wildman–Crippen MR) is 194 cm³/mol. The Morgan fingerprint density at radius 2 is 0.833 bits per heavy atom. The van der Waals surface area contributed by atoms with Crippen molar-refractivity contribution in [2.45, 2.75) is 0 Å². The Bertz CT molecular complexity index is 590. The standard InChI is InChI=1S/C22H42O10S10/c23-13-39-19-41-16-28-22(26)12-36-8-6-33-3-1-29-31-17-38-10-9-37-15-27-21(25)11-35-7-5-34-4-2-30-32-18-42-20-40-14-24/h23-24H,1-20H2. The van der Waals surface area contributed by atoms with Crippen LogP contribution in [0.15, 0.2) is 0 Å². The Balaban J connectivity index is 3.19.